The van der Waals surface area contributed by atoms with E-state index in [9.17, 15) is 9.59 Å². The first-order valence-electron chi connectivity index (χ1n) is 7.90. The smallest absolute Gasteiger partial charge is 0.274 e. The molecule has 4 N–H and O–H groups in total. The summed E-state index contributed by atoms with van der Waals surface area (Å²) in [6, 6.07) is 16.8. The predicted molar refractivity (Wildman–Crippen MR) is 92.7 cm³/mol. The molecule has 1 atom stereocenters. The van der Waals surface area contributed by atoms with Crippen LogP contribution >= 0.6 is 0 Å². The Morgan fingerprint density at radius 3 is 2.54 bits per heavy atom. The molecule has 2 aromatic carbocycles. The number of carbonyl (C=O) groups is 2. The van der Waals surface area contributed by atoms with Gasteiger partial charge in [0.15, 0.2) is 12.6 Å². The van der Waals surface area contributed by atoms with Crippen molar-refractivity contribution < 1.29 is 14.9 Å². The number of aromatic amines is 1. The van der Waals surface area contributed by atoms with Gasteiger partial charge in [0, 0.05) is 35.3 Å². The molecule has 0 aliphatic rings. The topological polar surface area (TPSA) is 78.6 Å². The Hall–Kier alpha value is -2.92. The van der Waals surface area contributed by atoms with Gasteiger partial charge >= 0.3 is 0 Å². The minimum atomic E-state index is -0.456. The van der Waals surface area contributed by atoms with Crippen LogP contribution in [-0.2, 0) is 4.79 Å². The monoisotopic (exact) mass is 322 g/mol. The van der Waals surface area contributed by atoms with E-state index in [-0.39, 0.29) is 18.2 Å². The molecule has 0 fully saturated rings. The Bertz CT molecular complexity index is 855. The summed E-state index contributed by atoms with van der Waals surface area (Å²) >= 11 is 0. The first-order valence-corrected chi connectivity index (χ1v) is 7.90. The lowest BCUT2D eigenvalue weighted by atomic mass is 9.97. The highest BCUT2D eigenvalue weighted by Gasteiger charge is 2.27. The number of fused-ring (bicyclic) bond motifs is 1. The molecule has 5 nitrogen and oxygen atoms in total. The van der Waals surface area contributed by atoms with E-state index in [4.69, 9.17) is 0 Å². The van der Waals surface area contributed by atoms with Gasteiger partial charge in [-0.1, -0.05) is 48.5 Å². The van der Waals surface area contributed by atoms with Gasteiger partial charge in [0.1, 0.15) is 0 Å². The SMILES string of the molecule is CNC(=O)C[NH2+][C@@H](C(=O)c1c[nH]c2ccccc12)c1ccccc1. The van der Waals surface area contributed by atoms with Gasteiger partial charge in [-0.25, -0.2) is 0 Å². The summed E-state index contributed by atoms with van der Waals surface area (Å²) in [5, 5.41) is 5.26. The van der Waals surface area contributed by atoms with Crippen molar-refractivity contribution >= 4 is 22.6 Å². The van der Waals surface area contributed by atoms with Crippen LogP contribution in [-0.4, -0.2) is 30.3 Å². The summed E-state index contributed by atoms with van der Waals surface area (Å²) in [6.45, 7) is 0.199. The molecule has 5 heteroatoms. The highest BCUT2D eigenvalue weighted by atomic mass is 16.2. The van der Waals surface area contributed by atoms with E-state index >= 15 is 0 Å². The molecule has 3 aromatic rings. The Kier molecular flexibility index (Phi) is 4.72. The minimum absolute atomic E-state index is 0.0115. The van der Waals surface area contributed by atoms with Crippen LogP contribution in [0.25, 0.3) is 10.9 Å². The molecular formula is C19H20N3O2+. The zero-order chi connectivity index (χ0) is 16.9. The van der Waals surface area contributed by atoms with Crippen LogP contribution in [0.5, 0.6) is 0 Å². The lowest BCUT2D eigenvalue weighted by molar-refractivity contribution is -0.671. The molecular weight excluding hydrogens is 302 g/mol. The fourth-order valence-corrected chi connectivity index (χ4v) is 2.82. The number of Topliss-reactive ketones (excluding diaryl/α,β-unsaturated/α-hetero) is 1. The van der Waals surface area contributed by atoms with Gasteiger partial charge in [-0.3, -0.25) is 9.59 Å². The third-order valence-electron chi connectivity index (χ3n) is 4.11. The van der Waals surface area contributed by atoms with E-state index < -0.39 is 6.04 Å². The third kappa shape index (κ3) is 3.21. The van der Waals surface area contributed by atoms with Gasteiger partial charge in [0.2, 0.25) is 5.78 Å². The van der Waals surface area contributed by atoms with Crippen LogP contribution in [0.4, 0.5) is 0 Å². The number of hydrogen-bond acceptors (Lipinski definition) is 2. The number of rotatable bonds is 6. The fraction of sp³-hybridized carbons (Fsp3) is 0.158. The van der Waals surface area contributed by atoms with Crippen molar-refractivity contribution in [1.82, 2.24) is 10.3 Å². The number of H-pyrrole nitrogens is 1. The van der Waals surface area contributed by atoms with Gasteiger partial charge in [0.05, 0.1) is 0 Å². The van der Waals surface area contributed by atoms with Gasteiger partial charge in [-0.15, -0.1) is 0 Å². The maximum atomic E-state index is 13.1. The van der Waals surface area contributed by atoms with Crippen LogP contribution in [0, 0.1) is 0 Å². The van der Waals surface area contributed by atoms with Crippen LogP contribution in [0.3, 0.4) is 0 Å². The molecule has 0 radical (unpaired) electrons. The Labute approximate surface area is 140 Å². The van der Waals surface area contributed by atoms with E-state index in [1.54, 1.807) is 18.6 Å². The van der Waals surface area contributed by atoms with Crippen molar-refractivity contribution in [3.8, 4) is 0 Å². The molecule has 0 unspecified atom stereocenters. The minimum Gasteiger partial charge on any atom is -0.360 e. The molecule has 0 saturated heterocycles. The maximum absolute atomic E-state index is 13.1. The molecule has 0 spiro atoms. The summed E-state index contributed by atoms with van der Waals surface area (Å²) in [5.41, 5.74) is 2.46. The number of likely N-dealkylation sites (N-methyl/N-ethyl adjacent to an activating group) is 1. The molecule has 1 aromatic heterocycles. The van der Waals surface area contributed by atoms with E-state index in [0.717, 1.165) is 16.5 Å². The van der Waals surface area contributed by atoms with Gasteiger partial charge in [-0.05, 0) is 6.07 Å². The summed E-state index contributed by atoms with van der Waals surface area (Å²) in [4.78, 5) is 27.9. The van der Waals surface area contributed by atoms with Gasteiger partial charge in [-0.2, -0.15) is 0 Å². The average molecular weight is 322 g/mol. The summed E-state index contributed by atoms with van der Waals surface area (Å²) in [6.07, 6.45) is 1.75. The number of para-hydroxylation sites is 1. The highest BCUT2D eigenvalue weighted by Crippen LogP contribution is 2.22. The van der Waals surface area contributed by atoms with E-state index in [1.807, 2.05) is 54.6 Å². The normalized spacial score (nSPS) is 12.0. The summed E-state index contributed by atoms with van der Waals surface area (Å²) in [7, 11) is 1.59. The molecule has 0 aliphatic carbocycles. The first-order chi connectivity index (χ1) is 11.7. The standard InChI is InChI=1S/C19H19N3O2/c1-20-17(23)12-22-18(13-7-3-2-4-8-13)19(24)15-11-21-16-10-6-5-9-14(15)16/h2-11,18,21-22H,12H2,1H3,(H,20,23)/p+1/t18-/m1/s1. The number of amides is 1. The Morgan fingerprint density at radius 1 is 1.08 bits per heavy atom. The summed E-state index contributed by atoms with van der Waals surface area (Å²) in [5.74, 6) is -0.120. The van der Waals surface area contributed by atoms with Crippen molar-refractivity contribution in [1.29, 1.82) is 0 Å². The fourth-order valence-electron chi connectivity index (χ4n) is 2.82. The number of hydrogen-bond donors (Lipinski definition) is 3. The first kappa shape index (κ1) is 16.0. The molecule has 122 valence electrons. The molecule has 0 saturated carbocycles. The van der Waals surface area contributed by atoms with Crippen LogP contribution < -0.4 is 10.6 Å². The zero-order valence-electron chi connectivity index (χ0n) is 13.5. The number of nitrogens with one attached hydrogen (secondary N) is 2. The molecule has 0 aliphatic heterocycles. The summed E-state index contributed by atoms with van der Waals surface area (Å²) < 4.78 is 0. The quantitative estimate of drug-likeness (QED) is 0.600. The predicted octanol–water partition coefficient (Wildman–Crippen LogP) is 1.40. The van der Waals surface area contributed by atoms with E-state index in [1.165, 1.54) is 0 Å². The second-order valence-corrected chi connectivity index (χ2v) is 5.61. The van der Waals surface area contributed by atoms with Crippen LogP contribution in [0.15, 0.2) is 60.8 Å². The number of quaternary nitrogens is 1. The van der Waals surface area contributed by atoms with Crippen molar-refractivity contribution in [2.24, 2.45) is 0 Å². The van der Waals surface area contributed by atoms with Crippen LogP contribution in [0.2, 0.25) is 0 Å². The molecule has 1 heterocycles. The maximum Gasteiger partial charge on any atom is 0.274 e. The van der Waals surface area contributed by atoms with E-state index in [0.29, 0.717) is 5.56 Å². The van der Waals surface area contributed by atoms with Crippen molar-refractivity contribution in [2.45, 2.75) is 6.04 Å². The lowest BCUT2D eigenvalue weighted by Gasteiger charge is -2.14. The Morgan fingerprint density at radius 2 is 1.79 bits per heavy atom. The molecule has 24 heavy (non-hydrogen) atoms. The second-order valence-electron chi connectivity index (χ2n) is 5.61. The second kappa shape index (κ2) is 7.10. The number of carbonyl (C=O) groups excluding carboxylic acids is 2. The average Bonchev–Trinajstić information content (AvgIpc) is 3.06. The third-order valence-corrected chi connectivity index (χ3v) is 4.11. The number of aromatic nitrogens is 1. The largest absolute Gasteiger partial charge is 0.360 e. The van der Waals surface area contributed by atoms with E-state index in [2.05, 4.69) is 10.3 Å². The number of ketones is 1. The number of benzene rings is 2. The highest BCUT2D eigenvalue weighted by molar-refractivity contribution is 6.10. The molecule has 0 bridgehead atoms. The van der Waals surface area contributed by atoms with Crippen molar-refractivity contribution in [2.75, 3.05) is 13.6 Å². The van der Waals surface area contributed by atoms with Crippen molar-refractivity contribution in [3.05, 3.63) is 71.9 Å². The lowest BCUT2D eigenvalue weighted by Crippen LogP contribution is -2.89. The molecule has 3 rings (SSSR count). The Balaban J connectivity index is 1.95. The number of nitrogens with two attached hydrogens (primary N) is 1. The van der Waals surface area contributed by atoms with Crippen LogP contribution in [0.1, 0.15) is 22.0 Å². The van der Waals surface area contributed by atoms with Gasteiger partial charge < -0.3 is 15.6 Å². The van der Waals surface area contributed by atoms with Gasteiger partial charge in [0.25, 0.3) is 5.91 Å². The van der Waals surface area contributed by atoms with Crippen molar-refractivity contribution in [3.63, 3.8) is 0 Å². The molecule has 1 amide bonds. The zero-order valence-corrected chi connectivity index (χ0v) is 13.5.